The number of carbonyl (C=O) groups excluding carboxylic acids is 1. The first-order chi connectivity index (χ1) is 14.1. The Balaban J connectivity index is 1.88. The Morgan fingerprint density at radius 1 is 0.867 bits per heavy atom. The number of primary sulfonamides is 1. The molecule has 2 rings (SSSR count). The van der Waals surface area contributed by atoms with Gasteiger partial charge in [0.05, 0.1) is 9.79 Å². The van der Waals surface area contributed by atoms with Crippen LogP contribution in [0.15, 0.2) is 58.3 Å². The largest absolute Gasteiger partial charge is 0.352 e. The second kappa shape index (κ2) is 10.2. The van der Waals surface area contributed by atoms with Crippen molar-refractivity contribution in [1.29, 1.82) is 0 Å². The van der Waals surface area contributed by atoms with E-state index in [1.54, 1.807) is 50.2 Å². The molecule has 2 aromatic carbocycles. The molecule has 0 fully saturated rings. The van der Waals surface area contributed by atoms with Gasteiger partial charge in [0.15, 0.2) is 0 Å². The predicted molar refractivity (Wildman–Crippen MR) is 115 cm³/mol. The summed E-state index contributed by atoms with van der Waals surface area (Å²) < 4.78 is 48.9. The number of nitrogens with one attached hydrogen (secondary N) is 1. The van der Waals surface area contributed by atoms with Crippen molar-refractivity contribution in [2.75, 3.05) is 13.1 Å². The standard InChI is InChI=1S/C20H27N3O5S2/c1-3-23(4-2)30(27,28)19-12-5-16(6-13-19)9-14-20(24)22-15-17-7-10-18(11-8-17)29(21,25)26/h5-8,10-13H,3-4,9,14-15H2,1-2H3,(H,22,24)(H2,21,25,26). The highest BCUT2D eigenvalue weighted by Gasteiger charge is 2.21. The number of rotatable bonds is 10. The summed E-state index contributed by atoms with van der Waals surface area (Å²) in [6, 6.07) is 12.5. The Kier molecular flexibility index (Phi) is 8.13. The van der Waals surface area contributed by atoms with Crippen LogP contribution >= 0.6 is 0 Å². The number of nitrogens with zero attached hydrogens (tertiary/aromatic N) is 1. The SMILES string of the molecule is CCN(CC)S(=O)(=O)c1ccc(CCC(=O)NCc2ccc(S(N)(=O)=O)cc2)cc1. The molecule has 0 heterocycles. The van der Waals surface area contributed by atoms with Crippen molar-refractivity contribution >= 4 is 26.0 Å². The highest BCUT2D eigenvalue weighted by molar-refractivity contribution is 7.89. The van der Waals surface area contributed by atoms with Gasteiger partial charge in [0, 0.05) is 26.1 Å². The zero-order valence-electron chi connectivity index (χ0n) is 17.0. The molecule has 0 atom stereocenters. The fourth-order valence-electron chi connectivity index (χ4n) is 2.88. The maximum Gasteiger partial charge on any atom is 0.243 e. The molecule has 0 aliphatic heterocycles. The lowest BCUT2D eigenvalue weighted by atomic mass is 10.1. The highest BCUT2D eigenvalue weighted by Crippen LogP contribution is 2.17. The van der Waals surface area contributed by atoms with Gasteiger partial charge in [0.1, 0.15) is 0 Å². The molecule has 30 heavy (non-hydrogen) atoms. The van der Waals surface area contributed by atoms with E-state index in [9.17, 15) is 21.6 Å². The number of nitrogens with two attached hydrogens (primary N) is 1. The summed E-state index contributed by atoms with van der Waals surface area (Å²) in [6.07, 6.45) is 0.721. The van der Waals surface area contributed by atoms with Crippen molar-refractivity contribution in [3.8, 4) is 0 Å². The molecule has 0 saturated carbocycles. The molecule has 0 aliphatic carbocycles. The molecule has 0 aromatic heterocycles. The van der Waals surface area contributed by atoms with Gasteiger partial charge in [-0.2, -0.15) is 4.31 Å². The topological polar surface area (TPSA) is 127 Å². The van der Waals surface area contributed by atoms with Crippen LogP contribution in [0.3, 0.4) is 0 Å². The summed E-state index contributed by atoms with van der Waals surface area (Å²) in [5, 5.41) is 7.82. The van der Waals surface area contributed by atoms with Gasteiger partial charge in [-0.25, -0.2) is 22.0 Å². The predicted octanol–water partition coefficient (Wildman–Crippen LogP) is 1.61. The highest BCUT2D eigenvalue weighted by atomic mass is 32.2. The smallest absolute Gasteiger partial charge is 0.243 e. The Morgan fingerprint density at radius 3 is 1.87 bits per heavy atom. The van der Waals surface area contributed by atoms with Crippen LogP contribution in [0.2, 0.25) is 0 Å². The number of amides is 1. The van der Waals surface area contributed by atoms with Crippen molar-refractivity contribution in [1.82, 2.24) is 9.62 Å². The summed E-state index contributed by atoms with van der Waals surface area (Å²) in [6.45, 7) is 4.67. The molecule has 2 aromatic rings. The summed E-state index contributed by atoms with van der Waals surface area (Å²) in [5.41, 5.74) is 1.61. The zero-order valence-corrected chi connectivity index (χ0v) is 18.7. The molecular formula is C20H27N3O5S2. The number of aryl methyl sites for hydroxylation is 1. The molecule has 3 N–H and O–H groups in total. The molecule has 164 valence electrons. The van der Waals surface area contributed by atoms with Gasteiger partial charge in [-0.05, 0) is 41.8 Å². The van der Waals surface area contributed by atoms with E-state index < -0.39 is 20.0 Å². The van der Waals surface area contributed by atoms with Crippen LogP contribution in [0, 0.1) is 0 Å². The fraction of sp³-hybridized carbons (Fsp3) is 0.350. The summed E-state index contributed by atoms with van der Waals surface area (Å²) in [4.78, 5) is 12.3. The van der Waals surface area contributed by atoms with Gasteiger partial charge in [0.2, 0.25) is 26.0 Å². The molecule has 1 amide bonds. The maximum absolute atomic E-state index is 12.5. The summed E-state index contributed by atoms with van der Waals surface area (Å²) >= 11 is 0. The normalized spacial score (nSPS) is 12.1. The lowest BCUT2D eigenvalue weighted by molar-refractivity contribution is -0.121. The average molecular weight is 454 g/mol. The lowest BCUT2D eigenvalue weighted by Gasteiger charge is -2.18. The molecular weight excluding hydrogens is 426 g/mol. The van der Waals surface area contributed by atoms with Crippen LogP contribution in [-0.4, -0.2) is 40.1 Å². The third-order valence-corrected chi connectivity index (χ3v) is 7.64. The van der Waals surface area contributed by atoms with Crippen LogP contribution in [0.4, 0.5) is 0 Å². The fourth-order valence-corrected chi connectivity index (χ4v) is 4.86. The minimum absolute atomic E-state index is 0.0176. The van der Waals surface area contributed by atoms with Crippen molar-refractivity contribution in [3.05, 3.63) is 59.7 Å². The van der Waals surface area contributed by atoms with Gasteiger partial charge in [0.25, 0.3) is 0 Å². The van der Waals surface area contributed by atoms with Gasteiger partial charge in [-0.3, -0.25) is 4.79 Å². The van der Waals surface area contributed by atoms with E-state index in [-0.39, 0.29) is 28.7 Å². The van der Waals surface area contributed by atoms with E-state index in [1.807, 2.05) is 0 Å². The third kappa shape index (κ3) is 6.36. The van der Waals surface area contributed by atoms with Crippen molar-refractivity contribution in [2.45, 2.75) is 43.0 Å². The van der Waals surface area contributed by atoms with E-state index in [2.05, 4.69) is 5.32 Å². The van der Waals surface area contributed by atoms with Crippen molar-refractivity contribution < 1.29 is 21.6 Å². The molecule has 8 nitrogen and oxygen atoms in total. The van der Waals surface area contributed by atoms with Crippen LogP contribution in [0.5, 0.6) is 0 Å². The van der Waals surface area contributed by atoms with Gasteiger partial charge in [-0.1, -0.05) is 38.1 Å². The van der Waals surface area contributed by atoms with Crippen LogP contribution in [0.25, 0.3) is 0 Å². The Morgan fingerprint density at radius 2 is 1.37 bits per heavy atom. The van der Waals surface area contributed by atoms with Crippen LogP contribution in [-0.2, 0) is 37.8 Å². The molecule has 0 spiro atoms. The first-order valence-corrected chi connectivity index (χ1v) is 12.5. The van der Waals surface area contributed by atoms with Gasteiger partial charge in [-0.15, -0.1) is 0 Å². The van der Waals surface area contributed by atoms with Gasteiger partial charge < -0.3 is 5.32 Å². The third-order valence-electron chi connectivity index (χ3n) is 4.65. The number of sulfonamides is 2. The lowest BCUT2D eigenvalue weighted by Crippen LogP contribution is -2.30. The molecule has 0 unspecified atom stereocenters. The molecule has 0 radical (unpaired) electrons. The molecule has 0 aliphatic rings. The van der Waals surface area contributed by atoms with Crippen LogP contribution in [0.1, 0.15) is 31.4 Å². The number of benzene rings is 2. The first-order valence-electron chi connectivity index (χ1n) is 9.55. The Hall–Kier alpha value is -2.27. The van der Waals surface area contributed by atoms with E-state index in [1.165, 1.54) is 16.4 Å². The van der Waals surface area contributed by atoms with Gasteiger partial charge >= 0.3 is 0 Å². The first kappa shape index (κ1) is 24.0. The monoisotopic (exact) mass is 453 g/mol. The summed E-state index contributed by atoms with van der Waals surface area (Å²) in [7, 11) is -7.23. The zero-order chi connectivity index (χ0) is 22.4. The van der Waals surface area contributed by atoms with E-state index in [0.29, 0.717) is 19.5 Å². The number of carbonyl (C=O) groups is 1. The maximum atomic E-state index is 12.5. The van der Waals surface area contributed by atoms with Crippen molar-refractivity contribution in [3.63, 3.8) is 0 Å². The minimum Gasteiger partial charge on any atom is -0.352 e. The quantitative estimate of drug-likeness (QED) is 0.565. The number of hydrogen-bond donors (Lipinski definition) is 2. The van der Waals surface area contributed by atoms with Crippen molar-refractivity contribution in [2.24, 2.45) is 5.14 Å². The minimum atomic E-state index is -3.74. The molecule has 0 bridgehead atoms. The Labute approximate surface area is 178 Å². The summed E-state index contributed by atoms with van der Waals surface area (Å²) in [5.74, 6) is -0.162. The second-order valence-electron chi connectivity index (χ2n) is 6.70. The average Bonchev–Trinajstić information content (AvgIpc) is 2.71. The number of hydrogen-bond acceptors (Lipinski definition) is 5. The Bertz CT molecular complexity index is 1060. The van der Waals surface area contributed by atoms with Crippen LogP contribution < -0.4 is 10.5 Å². The van der Waals surface area contributed by atoms with E-state index in [0.717, 1.165) is 11.1 Å². The van der Waals surface area contributed by atoms with E-state index >= 15 is 0 Å². The molecule has 0 saturated heterocycles. The second-order valence-corrected chi connectivity index (χ2v) is 10.2. The van der Waals surface area contributed by atoms with E-state index in [4.69, 9.17) is 5.14 Å². The molecule has 10 heteroatoms.